The fraction of sp³-hybridized carbons (Fsp3) is 0.312. The summed E-state index contributed by atoms with van der Waals surface area (Å²) in [7, 11) is 0. The summed E-state index contributed by atoms with van der Waals surface area (Å²) in [6.07, 6.45) is 0. The van der Waals surface area contributed by atoms with E-state index in [2.05, 4.69) is 5.32 Å². The van der Waals surface area contributed by atoms with Gasteiger partial charge >= 0.3 is 0 Å². The van der Waals surface area contributed by atoms with Crippen molar-refractivity contribution in [3.05, 3.63) is 57.5 Å². The monoisotopic (exact) mass is 304 g/mol. The van der Waals surface area contributed by atoms with Crippen molar-refractivity contribution in [2.45, 2.75) is 25.5 Å². The first kappa shape index (κ1) is 15.6. The van der Waals surface area contributed by atoms with Gasteiger partial charge in [-0.2, -0.15) is 16.6 Å². The van der Waals surface area contributed by atoms with E-state index in [9.17, 15) is 9.50 Å². The van der Waals surface area contributed by atoms with Gasteiger partial charge in [-0.05, 0) is 48.4 Å². The third-order valence-corrected chi connectivity index (χ3v) is 4.17. The molecule has 0 saturated heterocycles. The van der Waals surface area contributed by atoms with Crippen molar-refractivity contribution in [3.8, 4) is 6.07 Å². The lowest BCUT2D eigenvalue weighted by Crippen LogP contribution is -2.36. The molecule has 0 aliphatic carbocycles. The van der Waals surface area contributed by atoms with E-state index >= 15 is 0 Å². The number of nitrogens with one attached hydrogen (secondary N) is 1. The lowest BCUT2D eigenvalue weighted by molar-refractivity contribution is 0.0547. The lowest BCUT2D eigenvalue weighted by Gasteiger charge is -2.25. The number of thiophene rings is 1. The van der Waals surface area contributed by atoms with Crippen LogP contribution >= 0.6 is 11.3 Å². The Balaban J connectivity index is 2.05. The van der Waals surface area contributed by atoms with Crippen LogP contribution in [-0.4, -0.2) is 11.7 Å². The van der Waals surface area contributed by atoms with E-state index in [0.717, 1.165) is 5.56 Å². The summed E-state index contributed by atoms with van der Waals surface area (Å²) in [6, 6.07) is 7.94. The van der Waals surface area contributed by atoms with Crippen molar-refractivity contribution in [2.75, 3.05) is 6.54 Å². The van der Waals surface area contributed by atoms with Gasteiger partial charge in [0.15, 0.2) is 0 Å². The third-order valence-electron chi connectivity index (χ3n) is 3.49. The second-order valence-electron chi connectivity index (χ2n) is 5.24. The lowest BCUT2D eigenvalue weighted by atomic mass is 9.98. The van der Waals surface area contributed by atoms with E-state index in [0.29, 0.717) is 17.7 Å². The molecule has 0 fully saturated rings. The van der Waals surface area contributed by atoms with Crippen LogP contribution in [0.5, 0.6) is 0 Å². The highest BCUT2D eigenvalue weighted by molar-refractivity contribution is 7.08. The molecule has 1 heterocycles. The van der Waals surface area contributed by atoms with Crippen molar-refractivity contribution in [1.82, 2.24) is 5.32 Å². The molecule has 3 nitrogen and oxygen atoms in total. The SMILES string of the molecule is CC(NCC(C)(O)c1ccsc1)c1ccc(C#N)cc1F. The van der Waals surface area contributed by atoms with Gasteiger partial charge in [-0.25, -0.2) is 4.39 Å². The molecule has 0 amide bonds. The molecule has 2 atom stereocenters. The summed E-state index contributed by atoms with van der Waals surface area (Å²) in [5.74, 6) is -0.413. The first-order chi connectivity index (χ1) is 9.94. The summed E-state index contributed by atoms with van der Waals surface area (Å²) in [4.78, 5) is 0. The van der Waals surface area contributed by atoms with Crippen LogP contribution in [0.25, 0.3) is 0 Å². The molecule has 2 N–H and O–H groups in total. The second kappa shape index (κ2) is 6.35. The van der Waals surface area contributed by atoms with E-state index < -0.39 is 11.4 Å². The summed E-state index contributed by atoms with van der Waals surface area (Å²) in [5.41, 5.74) is 0.619. The van der Waals surface area contributed by atoms with Gasteiger partial charge in [-0.3, -0.25) is 0 Å². The normalized spacial score (nSPS) is 15.2. The van der Waals surface area contributed by atoms with Crippen LogP contribution in [0.1, 0.15) is 36.6 Å². The molecule has 0 radical (unpaired) electrons. The van der Waals surface area contributed by atoms with Crippen molar-refractivity contribution >= 4 is 11.3 Å². The van der Waals surface area contributed by atoms with Crippen LogP contribution in [0.3, 0.4) is 0 Å². The number of hydrogen-bond donors (Lipinski definition) is 2. The average molecular weight is 304 g/mol. The maximum absolute atomic E-state index is 13.9. The molecule has 0 spiro atoms. The summed E-state index contributed by atoms with van der Waals surface area (Å²) in [5, 5.41) is 26.1. The van der Waals surface area contributed by atoms with Crippen LogP contribution in [0.15, 0.2) is 35.0 Å². The van der Waals surface area contributed by atoms with E-state index in [-0.39, 0.29) is 6.04 Å². The molecular formula is C16H17FN2OS. The minimum Gasteiger partial charge on any atom is -0.384 e. The molecule has 2 aromatic rings. The molecule has 0 saturated carbocycles. The number of rotatable bonds is 5. The molecule has 2 unspecified atom stereocenters. The van der Waals surface area contributed by atoms with E-state index in [1.165, 1.54) is 17.4 Å². The summed E-state index contributed by atoms with van der Waals surface area (Å²) in [6.45, 7) is 3.86. The smallest absolute Gasteiger partial charge is 0.129 e. The first-order valence-corrected chi connectivity index (χ1v) is 7.56. The predicted molar refractivity (Wildman–Crippen MR) is 81.4 cm³/mol. The Kier molecular flexibility index (Phi) is 4.73. The van der Waals surface area contributed by atoms with Gasteiger partial charge in [0.1, 0.15) is 11.4 Å². The maximum atomic E-state index is 13.9. The van der Waals surface area contributed by atoms with E-state index in [1.54, 1.807) is 19.1 Å². The van der Waals surface area contributed by atoms with E-state index in [1.807, 2.05) is 29.8 Å². The topological polar surface area (TPSA) is 56.0 Å². The van der Waals surface area contributed by atoms with Gasteiger partial charge in [0.2, 0.25) is 0 Å². The number of halogens is 1. The quantitative estimate of drug-likeness (QED) is 0.891. The van der Waals surface area contributed by atoms with Gasteiger partial charge in [-0.1, -0.05) is 6.07 Å². The number of hydrogen-bond acceptors (Lipinski definition) is 4. The van der Waals surface area contributed by atoms with Crippen LogP contribution < -0.4 is 5.32 Å². The standard InChI is InChI=1S/C16H17FN2OS/c1-11(14-4-3-12(8-18)7-15(14)17)19-10-16(2,20)13-5-6-21-9-13/h3-7,9,11,19-20H,10H2,1-2H3. The molecule has 1 aromatic carbocycles. The number of nitrogens with zero attached hydrogens (tertiary/aromatic N) is 1. The third kappa shape index (κ3) is 3.67. The van der Waals surface area contributed by atoms with Crippen LogP contribution in [0.4, 0.5) is 4.39 Å². The Hall–Kier alpha value is -1.74. The van der Waals surface area contributed by atoms with Gasteiger partial charge in [0.25, 0.3) is 0 Å². The Morgan fingerprint density at radius 2 is 2.24 bits per heavy atom. The number of aliphatic hydroxyl groups is 1. The Labute approximate surface area is 127 Å². The molecule has 5 heteroatoms. The average Bonchev–Trinajstić information content (AvgIpc) is 2.99. The number of benzene rings is 1. The molecule has 0 aliphatic heterocycles. The molecule has 0 aliphatic rings. The van der Waals surface area contributed by atoms with Crippen LogP contribution in [-0.2, 0) is 5.60 Å². The highest BCUT2D eigenvalue weighted by Gasteiger charge is 2.24. The Bertz CT molecular complexity index is 647. The highest BCUT2D eigenvalue weighted by Crippen LogP contribution is 2.24. The fourth-order valence-electron chi connectivity index (χ4n) is 2.08. The first-order valence-electron chi connectivity index (χ1n) is 6.62. The minimum atomic E-state index is -1.00. The zero-order valence-corrected chi connectivity index (χ0v) is 12.7. The van der Waals surface area contributed by atoms with Crippen molar-refractivity contribution in [1.29, 1.82) is 5.26 Å². The summed E-state index contributed by atoms with van der Waals surface area (Å²) >= 11 is 1.53. The predicted octanol–water partition coefficient (Wildman–Crippen LogP) is 3.32. The van der Waals surface area contributed by atoms with E-state index in [4.69, 9.17) is 5.26 Å². The molecule has 21 heavy (non-hydrogen) atoms. The van der Waals surface area contributed by atoms with Gasteiger partial charge in [-0.15, -0.1) is 0 Å². The Morgan fingerprint density at radius 3 is 2.81 bits per heavy atom. The molecule has 1 aromatic heterocycles. The fourth-order valence-corrected chi connectivity index (χ4v) is 2.87. The summed E-state index contributed by atoms with van der Waals surface area (Å²) < 4.78 is 13.9. The highest BCUT2D eigenvalue weighted by atomic mass is 32.1. The Morgan fingerprint density at radius 1 is 1.48 bits per heavy atom. The van der Waals surface area contributed by atoms with Crippen LogP contribution in [0, 0.1) is 17.1 Å². The van der Waals surface area contributed by atoms with Gasteiger partial charge in [0, 0.05) is 18.2 Å². The maximum Gasteiger partial charge on any atom is 0.129 e. The zero-order valence-electron chi connectivity index (χ0n) is 11.9. The molecule has 0 bridgehead atoms. The second-order valence-corrected chi connectivity index (χ2v) is 6.02. The molecular weight excluding hydrogens is 287 g/mol. The molecule has 2 rings (SSSR count). The minimum absolute atomic E-state index is 0.261. The molecule has 110 valence electrons. The van der Waals surface area contributed by atoms with Crippen molar-refractivity contribution in [2.24, 2.45) is 0 Å². The van der Waals surface area contributed by atoms with Crippen molar-refractivity contribution < 1.29 is 9.50 Å². The van der Waals surface area contributed by atoms with Crippen molar-refractivity contribution in [3.63, 3.8) is 0 Å². The zero-order chi connectivity index (χ0) is 15.5. The number of nitriles is 1. The largest absolute Gasteiger partial charge is 0.384 e. The van der Waals surface area contributed by atoms with Crippen LogP contribution in [0.2, 0.25) is 0 Å². The van der Waals surface area contributed by atoms with Gasteiger partial charge in [0.05, 0.1) is 11.6 Å². The van der Waals surface area contributed by atoms with Gasteiger partial charge < -0.3 is 10.4 Å².